The highest BCUT2D eigenvalue weighted by atomic mass is 32.1. The van der Waals surface area contributed by atoms with Gasteiger partial charge in [-0.1, -0.05) is 6.07 Å². The zero-order chi connectivity index (χ0) is 15.8. The van der Waals surface area contributed by atoms with Gasteiger partial charge in [0.25, 0.3) is 0 Å². The van der Waals surface area contributed by atoms with Crippen LogP contribution in [0.4, 0.5) is 5.13 Å². The van der Waals surface area contributed by atoms with Crippen molar-refractivity contribution in [3.8, 4) is 11.5 Å². The second-order valence-electron chi connectivity index (χ2n) is 4.23. The van der Waals surface area contributed by atoms with Crippen molar-refractivity contribution in [3.05, 3.63) is 41.4 Å². The molecule has 0 spiro atoms. The first-order chi connectivity index (χ1) is 10.7. The van der Waals surface area contributed by atoms with Crippen LogP contribution in [0.15, 0.2) is 35.9 Å². The van der Waals surface area contributed by atoms with Gasteiger partial charge in [0.1, 0.15) is 0 Å². The van der Waals surface area contributed by atoms with Gasteiger partial charge < -0.3 is 9.47 Å². The van der Waals surface area contributed by atoms with Gasteiger partial charge in [-0.05, 0) is 37.6 Å². The summed E-state index contributed by atoms with van der Waals surface area (Å²) in [6.45, 7) is 4.97. The van der Waals surface area contributed by atoms with Crippen molar-refractivity contribution >= 4 is 28.5 Å². The second-order valence-corrected chi connectivity index (χ2v) is 5.13. The van der Waals surface area contributed by atoms with E-state index in [1.807, 2.05) is 32.0 Å². The molecular weight excluding hydrogens is 300 g/mol. The Hall–Kier alpha value is -2.34. The van der Waals surface area contributed by atoms with Crippen LogP contribution in [0.1, 0.15) is 19.4 Å². The zero-order valence-electron chi connectivity index (χ0n) is 12.5. The molecular formula is C16H18N2O3S. The molecule has 5 nitrogen and oxygen atoms in total. The van der Waals surface area contributed by atoms with E-state index < -0.39 is 0 Å². The lowest BCUT2D eigenvalue weighted by Crippen LogP contribution is -2.07. The number of amides is 1. The van der Waals surface area contributed by atoms with Crippen molar-refractivity contribution in [3.63, 3.8) is 0 Å². The smallest absolute Gasteiger partial charge is 0.250 e. The molecule has 0 atom stereocenters. The maximum Gasteiger partial charge on any atom is 0.250 e. The van der Waals surface area contributed by atoms with E-state index in [1.54, 1.807) is 17.7 Å². The van der Waals surface area contributed by atoms with E-state index in [-0.39, 0.29) is 5.91 Å². The van der Waals surface area contributed by atoms with Crippen molar-refractivity contribution in [2.24, 2.45) is 0 Å². The van der Waals surface area contributed by atoms with Crippen LogP contribution >= 0.6 is 11.3 Å². The van der Waals surface area contributed by atoms with Gasteiger partial charge in [-0.25, -0.2) is 4.98 Å². The van der Waals surface area contributed by atoms with Gasteiger partial charge in [0, 0.05) is 17.7 Å². The van der Waals surface area contributed by atoms with Crippen LogP contribution < -0.4 is 14.8 Å². The molecule has 1 N–H and O–H groups in total. The summed E-state index contributed by atoms with van der Waals surface area (Å²) < 4.78 is 11.1. The molecule has 0 bridgehead atoms. The average molecular weight is 318 g/mol. The number of thiazole rings is 1. The van der Waals surface area contributed by atoms with Gasteiger partial charge in [0.2, 0.25) is 5.91 Å². The minimum Gasteiger partial charge on any atom is -0.490 e. The first-order valence-electron chi connectivity index (χ1n) is 7.01. The van der Waals surface area contributed by atoms with Gasteiger partial charge in [0.15, 0.2) is 16.6 Å². The normalized spacial score (nSPS) is 10.6. The summed E-state index contributed by atoms with van der Waals surface area (Å²) in [5.74, 6) is 1.15. The molecule has 1 amide bonds. The number of benzene rings is 1. The minimum absolute atomic E-state index is 0.221. The van der Waals surface area contributed by atoms with E-state index in [0.29, 0.717) is 29.8 Å². The molecule has 0 saturated carbocycles. The largest absolute Gasteiger partial charge is 0.490 e. The molecule has 22 heavy (non-hydrogen) atoms. The molecule has 0 aliphatic heterocycles. The van der Waals surface area contributed by atoms with Gasteiger partial charge >= 0.3 is 0 Å². The fraction of sp³-hybridized carbons (Fsp3) is 0.250. The van der Waals surface area contributed by atoms with E-state index in [0.717, 1.165) is 5.56 Å². The molecule has 2 rings (SSSR count). The predicted molar refractivity (Wildman–Crippen MR) is 88.6 cm³/mol. The summed E-state index contributed by atoms with van der Waals surface area (Å²) >= 11 is 1.38. The Morgan fingerprint density at radius 2 is 2.05 bits per heavy atom. The lowest BCUT2D eigenvalue weighted by Gasteiger charge is -2.11. The molecule has 2 aromatic rings. The number of nitrogens with one attached hydrogen (secondary N) is 1. The molecule has 0 aliphatic carbocycles. The van der Waals surface area contributed by atoms with E-state index in [1.165, 1.54) is 17.4 Å². The number of carbonyl (C=O) groups excluding carboxylic acids is 1. The molecule has 116 valence electrons. The fourth-order valence-electron chi connectivity index (χ4n) is 1.78. The average Bonchev–Trinajstić information content (AvgIpc) is 3.01. The Morgan fingerprint density at radius 1 is 1.27 bits per heavy atom. The molecule has 0 aliphatic rings. The Kier molecular flexibility index (Phi) is 5.97. The summed E-state index contributed by atoms with van der Waals surface area (Å²) in [6, 6.07) is 5.56. The van der Waals surface area contributed by atoms with Gasteiger partial charge in [-0.3, -0.25) is 10.1 Å². The third kappa shape index (κ3) is 4.60. The van der Waals surface area contributed by atoms with Gasteiger partial charge in [-0.15, -0.1) is 11.3 Å². The number of carbonyl (C=O) groups is 1. The van der Waals surface area contributed by atoms with Gasteiger partial charge in [-0.2, -0.15) is 0 Å². The maximum absolute atomic E-state index is 11.8. The summed E-state index contributed by atoms with van der Waals surface area (Å²) in [5, 5.41) is 5.07. The number of aromatic nitrogens is 1. The van der Waals surface area contributed by atoms with Crippen molar-refractivity contribution < 1.29 is 14.3 Å². The first kappa shape index (κ1) is 16.0. The Labute approximate surface area is 133 Å². The SMILES string of the molecule is CCOc1ccc(/C=C/C(=O)Nc2nccs2)cc1OCC. The maximum atomic E-state index is 11.8. The molecule has 6 heteroatoms. The molecule has 0 unspecified atom stereocenters. The van der Waals surface area contributed by atoms with Crippen LogP contribution in [0.5, 0.6) is 11.5 Å². The summed E-state index contributed by atoms with van der Waals surface area (Å²) in [7, 11) is 0. The summed E-state index contributed by atoms with van der Waals surface area (Å²) in [4.78, 5) is 15.8. The third-order valence-corrected chi connectivity index (χ3v) is 3.35. The number of hydrogen-bond acceptors (Lipinski definition) is 5. The Morgan fingerprint density at radius 3 is 2.73 bits per heavy atom. The minimum atomic E-state index is -0.221. The number of nitrogens with zero attached hydrogens (tertiary/aromatic N) is 1. The highest BCUT2D eigenvalue weighted by Gasteiger charge is 2.05. The van der Waals surface area contributed by atoms with Crippen LogP contribution in [-0.2, 0) is 4.79 Å². The van der Waals surface area contributed by atoms with Crippen molar-refractivity contribution in [1.29, 1.82) is 0 Å². The second kappa shape index (κ2) is 8.19. The summed E-state index contributed by atoms with van der Waals surface area (Å²) in [5.41, 5.74) is 0.862. The standard InChI is InChI=1S/C16H18N2O3S/c1-3-20-13-7-5-12(11-14(13)21-4-2)6-8-15(19)18-16-17-9-10-22-16/h5-11H,3-4H2,1-2H3,(H,17,18,19)/b8-6+. The molecule has 1 aromatic carbocycles. The van der Waals surface area contributed by atoms with Crippen LogP contribution in [0.2, 0.25) is 0 Å². The molecule has 1 aromatic heterocycles. The van der Waals surface area contributed by atoms with Crippen molar-refractivity contribution in [2.45, 2.75) is 13.8 Å². The number of hydrogen-bond donors (Lipinski definition) is 1. The van der Waals surface area contributed by atoms with Crippen LogP contribution in [-0.4, -0.2) is 24.1 Å². The van der Waals surface area contributed by atoms with E-state index in [2.05, 4.69) is 10.3 Å². The van der Waals surface area contributed by atoms with E-state index >= 15 is 0 Å². The number of rotatable bonds is 7. The monoisotopic (exact) mass is 318 g/mol. The molecule has 0 radical (unpaired) electrons. The van der Waals surface area contributed by atoms with Crippen molar-refractivity contribution in [2.75, 3.05) is 18.5 Å². The van der Waals surface area contributed by atoms with Crippen LogP contribution in [0.25, 0.3) is 6.08 Å². The quantitative estimate of drug-likeness (QED) is 0.793. The van der Waals surface area contributed by atoms with Crippen molar-refractivity contribution in [1.82, 2.24) is 4.98 Å². The van der Waals surface area contributed by atoms with E-state index in [9.17, 15) is 4.79 Å². The lowest BCUT2D eigenvalue weighted by atomic mass is 10.2. The Balaban J connectivity index is 2.06. The molecule has 0 saturated heterocycles. The topological polar surface area (TPSA) is 60.5 Å². The van der Waals surface area contributed by atoms with Crippen LogP contribution in [0, 0.1) is 0 Å². The Bertz CT molecular complexity index is 639. The zero-order valence-corrected chi connectivity index (χ0v) is 13.4. The van der Waals surface area contributed by atoms with Gasteiger partial charge in [0.05, 0.1) is 13.2 Å². The fourth-order valence-corrected chi connectivity index (χ4v) is 2.31. The lowest BCUT2D eigenvalue weighted by molar-refractivity contribution is -0.111. The first-order valence-corrected chi connectivity index (χ1v) is 7.89. The van der Waals surface area contributed by atoms with Crippen LogP contribution in [0.3, 0.4) is 0 Å². The highest BCUT2D eigenvalue weighted by Crippen LogP contribution is 2.29. The number of ether oxygens (including phenoxy) is 2. The molecule has 1 heterocycles. The predicted octanol–water partition coefficient (Wildman–Crippen LogP) is 3.59. The molecule has 0 fully saturated rings. The summed E-state index contributed by atoms with van der Waals surface area (Å²) in [6.07, 6.45) is 4.83. The third-order valence-electron chi connectivity index (χ3n) is 2.66. The highest BCUT2D eigenvalue weighted by molar-refractivity contribution is 7.13. The number of anilines is 1. The van der Waals surface area contributed by atoms with E-state index in [4.69, 9.17) is 9.47 Å².